The average molecular weight is 308 g/mol. The molecule has 0 spiro atoms. The molecule has 122 valence electrons. The van der Waals surface area contributed by atoms with Crippen LogP contribution in [-0.2, 0) is 4.74 Å². The molecule has 0 fully saturated rings. The molecule has 0 aliphatic carbocycles. The zero-order valence-corrected chi connectivity index (χ0v) is 13.3. The van der Waals surface area contributed by atoms with Crippen LogP contribution < -0.4 is 0 Å². The third kappa shape index (κ3) is 5.68. The van der Waals surface area contributed by atoms with Crippen LogP contribution in [0.25, 0.3) is 0 Å². The first-order valence-corrected chi connectivity index (χ1v) is 7.36. The fourth-order valence-electron chi connectivity index (χ4n) is 1.96. The molecule has 5 heteroatoms. The van der Waals surface area contributed by atoms with Crippen LogP contribution in [0.4, 0.5) is 0 Å². The Morgan fingerprint density at radius 3 is 2.32 bits per heavy atom. The van der Waals surface area contributed by atoms with E-state index in [4.69, 9.17) is 4.74 Å². The van der Waals surface area contributed by atoms with Crippen LogP contribution in [0.5, 0.6) is 17.2 Å². The summed E-state index contributed by atoms with van der Waals surface area (Å²) in [4.78, 5) is 11.8. The summed E-state index contributed by atoms with van der Waals surface area (Å²) in [6.07, 6.45) is 4.98. The summed E-state index contributed by atoms with van der Waals surface area (Å²) in [6, 6.07) is 2.13. The first-order chi connectivity index (χ1) is 10.3. The van der Waals surface area contributed by atoms with Crippen molar-refractivity contribution in [2.24, 2.45) is 5.92 Å². The third-order valence-corrected chi connectivity index (χ3v) is 3.36. The van der Waals surface area contributed by atoms with E-state index in [-0.39, 0.29) is 12.2 Å². The van der Waals surface area contributed by atoms with Crippen LogP contribution in [0, 0.1) is 5.92 Å². The van der Waals surface area contributed by atoms with Gasteiger partial charge in [-0.25, -0.2) is 4.79 Å². The Hall–Kier alpha value is -2.17. The van der Waals surface area contributed by atoms with Crippen molar-refractivity contribution in [2.45, 2.75) is 40.0 Å². The van der Waals surface area contributed by atoms with Gasteiger partial charge < -0.3 is 20.1 Å². The zero-order valence-electron chi connectivity index (χ0n) is 13.3. The Balaban J connectivity index is 2.42. The number of ether oxygens (including phenoxy) is 1. The molecule has 0 unspecified atom stereocenters. The van der Waals surface area contributed by atoms with Crippen LogP contribution in [0.2, 0.25) is 0 Å². The van der Waals surface area contributed by atoms with Gasteiger partial charge in [0.25, 0.3) is 0 Å². The summed E-state index contributed by atoms with van der Waals surface area (Å²) in [5.41, 5.74) is 1.30. The van der Waals surface area contributed by atoms with E-state index in [0.717, 1.165) is 31.4 Å². The summed E-state index contributed by atoms with van der Waals surface area (Å²) in [5, 5.41) is 28.0. The van der Waals surface area contributed by atoms with E-state index in [9.17, 15) is 20.1 Å². The number of esters is 1. The van der Waals surface area contributed by atoms with Gasteiger partial charge in [-0.15, -0.1) is 0 Å². The molecule has 0 heterocycles. The van der Waals surface area contributed by atoms with Crippen molar-refractivity contribution in [2.75, 3.05) is 6.61 Å². The van der Waals surface area contributed by atoms with Gasteiger partial charge in [0.05, 0.1) is 12.2 Å². The topological polar surface area (TPSA) is 87.0 Å². The second-order valence-corrected chi connectivity index (χ2v) is 5.75. The number of allylic oxidation sites excluding steroid dienone is 2. The summed E-state index contributed by atoms with van der Waals surface area (Å²) in [6.45, 7) is 6.51. The highest BCUT2D eigenvalue weighted by atomic mass is 16.5. The van der Waals surface area contributed by atoms with Crippen molar-refractivity contribution < 1.29 is 24.9 Å². The van der Waals surface area contributed by atoms with Crippen LogP contribution in [0.3, 0.4) is 0 Å². The SMILES string of the molecule is CC(C)=CCC[C@H](C)CCOC(=O)c1cc(O)c(O)c(O)c1. The highest BCUT2D eigenvalue weighted by Gasteiger charge is 2.14. The Bertz CT molecular complexity index is 521. The minimum absolute atomic E-state index is 0.00462. The number of hydrogen-bond acceptors (Lipinski definition) is 5. The smallest absolute Gasteiger partial charge is 0.338 e. The minimum Gasteiger partial charge on any atom is -0.504 e. The normalized spacial score (nSPS) is 11.8. The van der Waals surface area contributed by atoms with Crippen LogP contribution in [0.15, 0.2) is 23.8 Å². The monoisotopic (exact) mass is 308 g/mol. The highest BCUT2D eigenvalue weighted by Crippen LogP contribution is 2.35. The minimum atomic E-state index is -0.649. The highest BCUT2D eigenvalue weighted by molar-refractivity contribution is 5.91. The molecular weight excluding hydrogens is 284 g/mol. The van der Waals surface area contributed by atoms with Gasteiger partial charge in [0.2, 0.25) is 0 Å². The van der Waals surface area contributed by atoms with E-state index in [0.29, 0.717) is 5.92 Å². The van der Waals surface area contributed by atoms with Crippen molar-refractivity contribution in [3.8, 4) is 17.2 Å². The van der Waals surface area contributed by atoms with Gasteiger partial charge >= 0.3 is 5.97 Å². The predicted octanol–water partition coefficient (Wildman–Crippen LogP) is 3.73. The first-order valence-electron chi connectivity index (χ1n) is 7.36. The van der Waals surface area contributed by atoms with Gasteiger partial charge in [-0.2, -0.15) is 0 Å². The molecule has 0 bridgehead atoms. The fraction of sp³-hybridized carbons (Fsp3) is 0.471. The predicted molar refractivity (Wildman–Crippen MR) is 84.2 cm³/mol. The van der Waals surface area contributed by atoms with Crippen LogP contribution in [0.1, 0.15) is 50.4 Å². The lowest BCUT2D eigenvalue weighted by Gasteiger charge is -2.11. The molecule has 1 atom stereocenters. The van der Waals surface area contributed by atoms with E-state index >= 15 is 0 Å². The van der Waals surface area contributed by atoms with Crippen molar-refractivity contribution in [3.05, 3.63) is 29.3 Å². The number of hydrogen-bond donors (Lipinski definition) is 3. The molecule has 0 radical (unpaired) electrons. The fourth-order valence-corrected chi connectivity index (χ4v) is 1.96. The molecule has 5 nitrogen and oxygen atoms in total. The molecule has 0 amide bonds. The largest absolute Gasteiger partial charge is 0.504 e. The molecule has 0 saturated heterocycles. The Morgan fingerprint density at radius 1 is 1.18 bits per heavy atom. The second kappa shape index (κ2) is 8.32. The molecule has 0 aromatic heterocycles. The van der Waals surface area contributed by atoms with Crippen molar-refractivity contribution in [1.82, 2.24) is 0 Å². The average Bonchev–Trinajstić information content (AvgIpc) is 2.43. The number of rotatable bonds is 7. The molecule has 1 aromatic rings. The zero-order chi connectivity index (χ0) is 16.7. The maximum absolute atomic E-state index is 11.8. The maximum atomic E-state index is 11.8. The summed E-state index contributed by atoms with van der Waals surface area (Å²) in [5.74, 6) is -1.96. The van der Waals surface area contributed by atoms with Gasteiger partial charge in [-0.1, -0.05) is 18.6 Å². The first kappa shape index (κ1) is 17.9. The molecule has 1 rings (SSSR count). The number of carbonyl (C=O) groups is 1. The van der Waals surface area contributed by atoms with Crippen LogP contribution >= 0.6 is 0 Å². The summed E-state index contributed by atoms with van der Waals surface area (Å²) in [7, 11) is 0. The summed E-state index contributed by atoms with van der Waals surface area (Å²) >= 11 is 0. The molecule has 0 aliphatic heterocycles. The molecule has 3 N–H and O–H groups in total. The van der Waals surface area contributed by atoms with Gasteiger partial charge in [0, 0.05) is 0 Å². The van der Waals surface area contributed by atoms with Crippen molar-refractivity contribution in [1.29, 1.82) is 0 Å². The van der Waals surface area contributed by atoms with E-state index in [2.05, 4.69) is 26.8 Å². The molecule has 0 saturated carbocycles. The lowest BCUT2D eigenvalue weighted by atomic mass is 10.0. The van der Waals surface area contributed by atoms with Crippen LogP contribution in [-0.4, -0.2) is 27.9 Å². The Morgan fingerprint density at radius 2 is 1.77 bits per heavy atom. The molecular formula is C17H24O5. The van der Waals surface area contributed by atoms with E-state index in [1.54, 1.807) is 0 Å². The quantitative estimate of drug-likeness (QED) is 0.406. The van der Waals surface area contributed by atoms with Crippen molar-refractivity contribution in [3.63, 3.8) is 0 Å². The lowest BCUT2D eigenvalue weighted by molar-refractivity contribution is 0.0483. The van der Waals surface area contributed by atoms with E-state index < -0.39 is 23.2 Å². The standard InChI is InChI=1S/C17H24O5/c1-11(2)5-4-6-12(3)7-8-22-17(21)13-9-14(18)16(20)15(19)10-13/h5,9-10,12,18-20H,4,6-8H2,1-3H3/t12-/m0/s1. The van der Waals surface area contributed by atoms with Gasteiger partial charge in [-0.05, 0) is 51.2 Å². The maximum Gasteiger partial charge on any atom is 0.338 e. The number of phenols is 3. The van der Waals surface area contributed by atoms with E-state index in [1.165, 1.54) is 5.57 Å². The Labute approximate surface area is 130 Å². The Kier molecular flexibility index (Phi) is 6.76. The number of aromatic hydroxyl groups is 3. The number of carbonyl (C=O) groups excluding carboxylic acids is 1. The van der Waals surface area contributed by atoms with Gasteiger partial charge in [0.1, 0.15) is 0 Å². The van der Waals surface area contributed by atoms with Gasteiger partial charge in [0.15, 0.2) is 17.2 Å². The van der Waals surface area contributed by atoms with Crippen molar-refractivity contribution >= 4 is 5.97 Å². The lowest BCUT2D eigenvalue weighted by Crippen LogP contribution is -2.09. The molecule has 1 aromatic carbocycles. The van der Waals surface area contributed by atoms with E-state index in [1.807, 2.05) is 0 Å². The third-order valence-electron chi connectivity index (χ3n) is 3.36. The molecule has 22 heavy (non-hydrogen) atoms. The number of phenolic OH excluding ortho intramolecular Hbond substituents is 3. The molecule has 0 aliphatic rings. The van der Waals surface area contributed by atoms with Gasteiger partial charge in [-0.3, -0.25) is 0 Å². The number of benzene rings is 1. The second-order valence-electron chi connectivity index (χ2n) is 5.75. The summed E-state index contributed by atoms with van der Waals surface area (Å²) < 4.78 is 5.12.